The fraction of sp³-hybridized carbons (Fsp3) is 0.273. The Kier molecular flexibility index (Phi) is 1.63. The first kappa shape index (κ1) is 8.03. The number of hydrogen-bond donors (Lipinski definition) is 0. The van der Waals surface area contributed by atoms with Crippen LogP contribution in [0.1, 0.15) is 5.56 Å². The van der Waals surface area contributed by atoms with E-state index >= 15 is 0 Å². The van der Waals surface area contributed by atoms with Gasteiger partial charge in [-0.15, -0.1) is 0 Å². The van der Waals surface area contributed by atoms with Gasteiger partial charge in [-0.2, -0.15) is 0 Å². The Bertz CT molecular complexity index is 400. The zero-order valence-corrected chi connectivity index (χ0v) is 7.93. The normalized spacial score (nSPS) is 24.2. The van der Waals surface area contributed by atoms with E-state index in [9.17, 15) is 0 Å². The number of hydrogen-bond acceptors (Lipinski definition) is 3. The van der Waals surface area contributed by atoms with Crippen LogP contribution in [0.25, 0.3) is 5.57 Å². The molecule has 0 amide bonds. The first-order valence-electron chi connectivity index (χ1n) is 4.68. The summed E-state index contributed by atoms with van der Waals surface area (Å²) in [4.78, 5) is 12.3. The molecule has 3 nitrogen and oxygen atoms in total. The van der Waals surface area contributed by atoms with E-state index < -0.39 is 0 Å². The van der Waals surface area contributed by atoms with Gasteiger partial charge in [0.15, 0.2) is 6.23 Å². The molecule has 2 aliphatic heterocycles. The van der Waals surface area contributed by atoms with Crippen molar-refractivity contribution in [2.45, 2.75) is 6.23 Å². The molecule has 0 fully saturated rings. The number of rotatable bonds is 0. The number of benzene rings is 1. The molecule has 3 rings (SSSR count). The van der Waals surface area contributed by atoms with E-state index in [0.717, 1.165) is 0 Å². The van der Waals surface area contributed by atoms with Gasteiger partial charge in [0.1, 0.15) is 6.61 Å². The summed E-state index contributed by atoms with van der Waals surface area (Å²) >= 11 is 0. The first-order chi connectivity index (χ1) is 6.88. The van der Waals surface area contributed by atoms with Gasteiger partial charge in [-0.25, -0.2) is 9.78 Å². The maximum atomic E-state index is 5.25. The number of fused-ring (bicyclic) bond motifs is 3. The van der Waals surface area contributed by atoms with Crippen molar-refractivity contribution in [1.82, 2.24) is 0 Å². The average molecular weight is 189 g/mol. The van der Waals surface area contributed by atoms with Crippen molar-refractivity contribution in [2.75, 3.05) is 18.6 Å². The molecule has 3 heteroatoms. The van der Waals surface area contributed by atoms with Crippen molar-refractivity contribution >= 4 is 11.3 Å². The van der Waals surface area contributed by atoms with Crippen LogP contribution in [0.2, 0.25) is 0 Å². The van der Waals surface area contributed by atoms with Crippen LogP contribution in [0.4, 0.5) is 5.69 Å². The topological polar surface area (TPSA) is 21.7 Å². The third kappa shape index (κ3) is 0.937. The molecule has 0 spiro atoms. The Labute approximate surface area is 82.5 Å². The summed E-state index contributed by atoms with van der Waals surface area (Å²) in [5.74, 6) is 0. The van der Waals surface area contributed by atoms with Crippen LogP contribution in [0.3, 0.4) is 0 Å². The lowest BCUT2D eigenvalue weighted by molar-refractivity contribution is -0.307. The van der Waals surface area contributed by atoms with Gasteiger partial charge in [-0.05, 0) is 12.1 Å². The summed E-state index contributed by atoms with van der Waals surface area (Å²) in [6.07, 6.45) is 2.01. The van der Waals surface area contributed by atoms with Gasteiger partial charge in [-0.1, -0.05) is 18.2 Å². The van der Waals surface area contributed by atoms with Crippen molar-refractivity contribution in [1.29, 1.82) is 0 Å². The fourth-order valence-electron chi connectivity index (χ4n) is 2.05. The van der Waals surface area contributed by atoms with Gasteiger partial charge < -0.3 is 4.90 Å². The second-order valence-electron chi connectivity index (χ2n) is 3.52. The second-order valence-corrected chi connectivity index (χ2v) is 3.52. The quantitative estimate of drug-likeness (QED) is 0.581. The summed E-state index contributed by atoms with van der Waals surface area (Å²) in [5, 5.41) is 0. The van der Waals surface area contributed by atoms with Gasteiger partial charge in [0.05, 0.1) is 0 Å². The van der Waals surface area contributed by atoms with E-state index in [2.05, 4.69) is 23.1 Å². The minimum absolute atomic E-state index is 0.0684. The average Bonchev–Trinajstić information content (AvgIpc) is 2.55. The Morgan fingerprint density at radius 1 is 1.36 bits per heavy atom. The first-order valence-corrected chi connectivity index (χ1v) is 4.68. The second kappa shape index (κ2) is 2.83. The Morgan fingerprint density at radius 2 is 2.21 bits per heavy atom. The number of para-hydroxylation sites is 1. The number of nitrogens with zero attached hydrogens (tertiary/aromatic N) is 1. The van der Waals surface area contributed by atoms with Gasteiger partial charge in [0.25, 0.3) is 0 Å². The lowest BCUT2D eigenvalue weighted by atomic mass is 10.1. The summed E-state index contributed by atoms with van der Waals surface area (Å²) in [7, 11) is 2.01. The number of likely N-dealkylation sites (N-methyl/N-ethyl adjacent to an activating group) is 1. The highest BCUT2D eigenvalue weighted by molar-refractivity contribution is 5.86. The molecule has 1 aromatic rings. The molecule has 1 aromatic carbocycles. The van der Waals surface area contributed by atoms with Crippen LogP contribution < -0.4 is 4.90 Å². The maximum Gasteiger partial charge on any atom is 0.191 e. The molecule has 0 bridgehead atoms. The van der Waals surface area contributed by atoms with E-state index in [1.54, 1.807) is 0 Å². The molecule has 0 aromatic heterocycles. The smallest absolute Gasteiger partial charge is 0.191 e. The van der Waals surface area contributed by atoms with Gasteiger partial charge in [0.2, 0.25) is 0 Å². The van der Waals surface area contributed by atoms with Gasteiger partial charge in [-0.3, -0.25) is 0 Å². The molecule has 0 aliphatic carbocycles. The third-order valence-electron chi connectivity index (χ3n) is 2.74. The lowest BCUT2D eigenvalue weighted by Crippen LogP contribution is -2.32. The zero-order valence-electron chi connectivity index (χ0n) is 7.93. The van der Waals surface area contributed by atoms with Crippen molar-refractivity contribution in [2.24, 2.45) is 0 Å². The molecule has 0 saturated carbocycles. The van der Waals surface area contributed by atoms with Crippen molar-refractivity contribution in [3.8, 4) is 0 Å². The summed E-state index contributed by atoms with van der Waals surface area (Å²) in [5.41, 5.74) is 3.67. The van der Waals surface area contributed by atoms with Gasteiger partial charge in [0, 0.05) is 23.9 Å². The largest absolute Gasteiger partial charge is 0.342 e. The van der Waals surface area contributed by atoms with Crippen LogP contribution >= 0.6 is 0 Å². The van der Waals surface area contributed by atoms with Crippen molar-refractivity contribution in [3.05, 3.63) is 35.9 Å². The molecule has 0 radical (unpaired) electrons. The third-order valence-corrected chi connectivity index (χ3v) is 2.74. The molecule has 2 heterocycles. The summed E-state index contributed by atoms with van der Waals surface area (Å²) < 4.78 is 0. The highest BCUT2D eigenvalue weighted by Gasteiger charge is 2.34. The van der Waals surface area contributed by atoms with Crippen molar-refractivity contribution in [3.63, 3.8) is 0 Å². The molecular formula is C11H11NO2. The van der Waals surface area contributed by atoms with Crippen LogP contribution in [0.5, 0.6) is 0 Å². The number of anilines is 1. The van der Waals surface area contributed by atoms with Crippen molar-refractivity contribution < 1.29 is 9.78 Å². The molecular weight excluding hydrogens is 178 g/mol. The Balaban J connectivity index is 2.18. The summed E-state index contributed by atoms with van der Waals surface area (Å²) in [6.45, 7) is 0.536. The van der Waals surface area contributed by atoms with E-state index in [0.29, 0.717) is 6.61 Å². The van der Waals surface area contributed by atoms with Crippen LogP contribution in [-0.4, -0.2) is 19.9 Å². The SMILES string of the molecule is CN1c2ccccc2C2=CCOOC21. The predicted octanol–water partition coefficient (Wildman–Crippen LogP) is 1.81. The van der Waals surface area contributed by atoms with Crippen LogP contribution in [0.15, 0.2) is 30.3 Å². The van der Waals surface area contributed by atoms with Gasteiger partial charge >= 0.3 is 0 Å². The monoisotopic (exact) mass is 189 g/mol. The molecule has 72 valence electrons. The van der Waals surface area contributed by atoms with Crippen LogP contribution in [-0.2, 0) is 9.78 Å². The minimum atomic E-state index is -0.0684. The molecule has 1 unspecified atom stereocenters. The standard InChI is InChI=1S/C11H11NO2/c1-12-10-5-3-2-4-8(10)9-6-7-13-14-11(9)12/h2-6,11H,7H2,1H3. The molecule has 0 N–H and O–H groups in total. The van der Waals surface area contributed by atoms with Crippen LogP contribution in [0, 0.1) is 0 Å². The lowest BCUT2D eigenvalue weighted by Gasteiger charge is -2.24. The Hall–Kier alpha value is -1.32. The fourth-order valence-corrected chi connectivity index (χ4v) is 2.05. The van der Waals surface area contributed by atoms with E-state index in [1.165, 1.54) is 16.8 Å². The zero-order chi connectivity index (χ0) is 9.54. The molecule has 14 heavy (non-hydrogen) atoms. The van der Waals surface area contributed by atoms with E-state index in [1.807, 2.05) is 19.2 Å². The molecule has 0 saturated heterocycles. The predicted molar refractivity (Wildman–Crippen MR) is 53.6 cm³/mol. The van der Waals surface area contributed by atoms with E-state index in [-0.39, 0.29) is 6.23 Å². The minimum Gasteiger partial charge on any atom is -0.342 e. The summed E-state index contributed by atoms with van der Waals surface area (Å²) in [6, 6.07) is 8.30. The molecule has 2 aliphatic rings. The highest BCUT2D eigenvalue weighted by atomic mass is 17.2. The maximum absolute atomic E-state index is 5.25. The molecule has 1 atom stereocenters. The Morgan fingerprint density at radius 3 is 3.14 bits per heavy atom. The van der Waals surface area contributed by atoms with E-state index in [4.69, 9.17) is 9.78 Å². The highest BCUT2D eigenvalue weighted by Crippen LogP contribution is 2.40.